The Hall–Kier alpha value is -2.19. The van der Waals surface area contributed by atoms with Gasteiger partial charge >= 0.3 is 0 Å². The fraction of sp³-hybridized carbons (Fsp3) is 0.421. The van der Waals surface area contributed by atoms with E-state index in [4.69, 9.17) is 8.54 Å². The molecule has 0 aliphatic carbocycles. The molecule has 0 saturated carbocycles. The van der Waals surface area contributed by atoms with E-state index in [9.17, 15) is 5.26 Å². The molecule has 0 radical (unpaired) electrons. The Morgan fingerprint density at radius 1 is 1.25 bits per heavy atom. The Kier molecular flexibility index (Phi) is 3.76. The van der Waals surface area contributed by atoms with Gasteiger partial charge in [0.25, 0.3) is 0 Å². The van der Waals surface area contributed by atoms with E-state index in [1.54, 1.807) is 13.0 Å². The smallest absolute Gasteiger partial charge is 0.250 e. The molecule has 0 unspecified atom stereocenters. The van der Waals surface area contributed by atoms with Crippen LogP contribution in [-0.2, 0) is 6.98 Å². The quantitative estimate of drug-likeness (QED) is 0.762. The van der Waals surface area contributed by atoms with Gasteiger partial charge in [0.05, 0.1) is 5.69 Å². The third kappa shape index (κ3) is 3.65. The summed E-state index contributed by atoms with van der Waals surface area (Å²) in [5.41, 5.74) is 2.00. The molecule has 1 aromatic heterocycles. The molecule has 4 nitrogen and oxygen atoms in total. The first-order valence-electron chi connectivity index (χ1n) is 9.45. The van der Waals surface area contributed by atoms with Crippen LogP contribution in [0.2, 0.25) is 18.1 Å². The van der Waals surface area contributed by atoms with E-state index in [1.165, 1.54) is 0 Å². The highest BCUT2D eigenvalue weighted by molar-refractivity contribution is 6.74. The second-order valence-corrected chi connectivity index (χ2v) is 12.2. The van der Waals surface area contributed by atoms with Crippen LogP contribution in [0.3, 0.4) is 0 Å². The van der Waals surface area contributed by atoms with E-state index < -0.39 is 15.3 Å². The highest BCUT2D eigenvalue weighted by atomic mass is 28.4. The normalized spacial score (nSPS) is 14.3. The predicted molar refractivity (Wildman–Crippen MR) is 102 cm³/mol. The van der Waals surface area contributed by atoms with Gasteiger partial charge in [-0.25, -0.2) is 0 Å². The monoisotopic (exact) mass is 344 g/mol. The number of benzene rings is 1. The van der Waals surface area contributed by atoms with E-state index in [1.807, 2.05) is 30.3 Å². The molecule has 0 bridgehead atoms. The number of aromatic nitrogens is 1. The molecular weight excluding hydrogens is 314 g/mol. The van der Waals surface area contributed by atoms with Crippen molar-refractivity contribution in [2.75, 3.05) is 5.32 Å². The summed E-state index contributed by atoms with van der Waals surface area (Å²) in [4.78, 5) is 0. The number of nitriles is 1. The van der Waals surface area contributed by atoms with Crippen LogP contribution in [0.4, 0.5) is 11.4 Å². The van der Waals surface area contributed by atoms with Gasteiger partial charge in [-0.1, -0.05) is 20.8 Å². The average molecular weight is 345 g/mol. The lowest BCUT2D eigenvalue weighted by Crippen LogP contribution is -2.43. The van der Waals surface area contributed by atoms with Crippen LogP contribution in [0.5, 0.6) is 5.75 Å². The lowest BCUT2D eigenvalue weighted by Gasteiger charge is -2.36. The fourth-order valence-corrected chi connectivity index (χ4v) is 3.06. The summed E-state index contributed by atoms with van der Waals surface area (Å²) in [7, 11) is -1.90. The van der Waals surface area contributed by atoms with Crippen molar-refractivity contribution in [2.45, 2.75) is 45.8 Å². The standard InChI is InChI=1S/C19H27N3OSi/c1-14-18(12-16(13-20)22(14)5)21-15-8-10-17(11-9-15)23-24(6,7)19(2,3)4/h8-12,21H,1-7H3/i5D3. The summed E-state index contributed by atoms with van der Waals surface area (Å²) >= 11 is 0. The SMILES string of the molecule is [2H]C([2H])([2H])n1c(C#N)cc(Nc2ccc(O[Si](C)(C)C(C)(C)C)cc2)c1C. The molecule has 1 aromatic carbocycles. The second kappa shape index (κ2) is 6.37. The van der Waals surface area contributed by atoms with E-state index in [-0.39, 0.29) is 10.7 Å². The maximum atomic E-state index is 9.23. The summed E-state index contributed by atoms with van der Waals surface area (Å²) in [5, 5.41) is 12.5. The van der Waals surface area contributed by atoms with Gasteiger partial charge in [0.1, 0.15) is 17.5 Å². The summed E-state index contributed by atoms with van der Waals surface area (Å²) < 4.78 is 30.2. The molecule has 2 aromatic rings. The van der Waals surface area contributed by atoms with Gasteiger partial charge in [-0.15, -0.1) is 0 Å². The zero-order chi connectivity index (χ0) is 20.6. The summed E-state index contributed by atoms with van der Waals surface area (Å²) in [6.07, 6.45) is 0. The van der Waals surface area contributed by atoms with Crippen molar-refractivity contribution < 1.29 is 8.54 Å². The Labute approximate surface area is 150 Å². The van der Waals surface area contributed by atoms with E-state index in [0.29, 0.717) is 11.4 Å². The number of rotatable bonds is 4. The minimum absolute atomic E-state index is 0.105. The minimum atomic E-state index is -2.39. The van der Waals surface area contributed by atoms with Gasteiger partial charge in [-0.3, -0.25) is 0 Å². The van der Waals surface area contributed by atoms with Crippen molar-refractivity contribution in [1.29, 1.82) is 5.26 Å². The Morgan fingerprint density at radius 3 is 2.33 bits per heavy atom. The highest BCUT2D eigenvalue weighted by Crippen LogP contribution is 2.37. The molecule has 0 spiro atoms. The topological polar surface area (TPSA) is 50.0 Å². The highest BCUT2D eigenvalue weighted by Gasteiger charge is 2.38. The van der Waals surface area contributed by atoms with E-state index in [0.717, 1.165) is 16.0 Å². The zero-order valence-corrected chi connectivity index (χ0v) is 16.2. The molecule has 0 atom stereocenters. The number of hydrogen-bond acceptors (Lipinski definition) is 3. The minimum Gasteiger partial charge on any atom is -0.544 e. The molecular formula is C19H27N3OSi. The Morgan fingerprint density at radius 2 is 1.88 bits per heavy atom. The third-order valence-electron chi connectivity index (χ3n) is 4.67. The maximum absolute atomic E-state index is 9.23. The third-order valence-corrected chi connectivity index (χ3v) is 9.03. The van der Waals surface area contributed by atoms with Crippen molar-refractivity contribution in [1.82, 2.24) is 4.57 Å². The molecule has 1 heterocycles. The first-order valence-corrected chi connectivity index (χ1v) is 10.9. The molecule has 0 aliphatic rings. The number of nitrogens with zero attached hydrogens (tertiary/aromatic N) is 2. The summed E-state index contributed by atoms with van der Waals surface area (Å²) in [6.45, 7) is 10.3. The van der Waals surface area contributed by atoms with Gasteiger partial charge in [0.2, 0.25) is 8.32 Å². The van der Waals surface area contributed by atoms with Crippen LogP contribution < -0.4 is 9.74 Å². The van der Waals surface area contributed by atoms with Gasteiger partial charge in [0.15, 0.2) is 0 Å². The van der Waals surface area contributed by atoms with Crippen molar-refractivity contribution in [3.8, 4) is 11.8 Å². The van der Waals surface area contributed by atoms with Crippen LogP contribution >= 0.6 is 0 Å². The van der Waals surface area contributed by atoms with Crippen LogP contribution in [0.1, 0.15) is 36.3 Å². The first kappa shape index (κ1) is 14.2. The van der Waals surface area contributed by atoms with Crippen molar-refractivity contribution >= 4 is 19.7 Å². The average Bonchev–Trinajstić information content (AvgIpc) is 2.84. The second-order valence-electron chi connectivity index (χ2n) is 7.49. The van der Waals surface area contributed by atoms with Gasteiger partial charge in [0, 0.05) is 22.5 Å². The van der Waals surface area contributed by atoms with Crippen LogP contribution in [-0.4, -0.2) is 12.9 Å². The molecule has 2 rings (SSSR count). The van der Waals surface area contributed by atoms with Crippen LogP contribution in [0.15, 0.2) is 30.3 Å². The Balaban J connectivity index is 2.23. The largest absolute Gasteiger partial charge is 0.544 e. The maximum Gasteiger partial charge on any atom is 0.250 e. The lowest BCUT2D eigenvalue weighted by atomic mass is 10.2. The number of anilines is 2. The van der Waals surface area contributed by atoms with Crippen molar-refractivity contribution in [2.24, 2.45) is 6.98 Å². The summed E-state index contributed by atoms with van der Waals surface area (Å²) in [5.74, 6) is 0.821. The van der Waals surface area contributed by atoms with Crippen LogP contribution in [0.25, 0.3) is 0 Å². The lowest BCUT2D eigenvalue weighted by molar-refractivity contribution is 0.492. The molecule has 0 saturated heterocycles. The molecule has 0 aliphatic heterocycles. The molecule has 5 heteroatoms. The predicted octanol–water partition coefficient (Wildman–Crippen LogP) is 5.33. The van der Waals surface area contributed by atoms with Gasteiger partial charge < -0.3 is 14.3 Å². The van der Waals surface area contributed by atoms with E-state index in [2.05, 4.69) is 39.2 Å². The molecule has 0 amide bonds. The zero-order valence-electron chi connectivity index (χ0n) is 18.2. The molecule has 24 heavy (non-hydrogen) atoms. The number of nitrogens with one attached hydrogen (secondary N) is 1. The van der Waals surface area contributed by atoms with Gasteiger partial charge in [-0.2, -0.15) is 5.26 Å². The van der Waals surface area contributed by atoms with Crippen molar-refractivity contribution in [3.63, 3.8) is 0 Å². The Bertz CT molecular complexity index is 857. The first-order chi connectivity index (χ1) is 12.3. The molecule has 0 fully saturated rings. The fourth-order valence-electron chi connectivity index (χ4n) is 2.03. The summed E-state index contributed by atoms with van der Waals surface area (Å²) in [6, 6.07) is 11.1. The molecule has 128 valence electrons. The molecule has 1 N–H and O–H groups in total. The van der Waals surface area contributed by atoms with Gasteiger partial charge in [-0.05, 0) is 55.4 Å². The number of hydrogen-bond donors (Lipinski definition) is 1. The van der Waals surface area contributed by atoms with Crippen LogP contribution in [0, 0.1) is 18.3 Å². The van der Waals surface area contributed by atoms with Crippen molar-refractivity contribution in [3.05, 3.63) is 41.7 Å². The van der Waals surface area contributed by atoms with E-state index >= 15 is 0 Å².